The summed E-state index contributed by atoms with van der Waals surface area (Å²) in [7, 11) is 2.02. The Hall–Kier alpha value is -0.570. The van der Waals surface area contributed by atoms with E-state index in [1.807, 2.05) is 25.2 Å². The SMILES string of the molecule is CNC(Cc1ccccc1Cl)C1CCCOC1. The molecule has 1 aromatic carbocycles. The van der Waals surface area contributed by atoms with E-state index in [-0.39, 0.29) is 0 Å². The first-order valence-corrected chi connectivity index (χ1v) is 6.67. The van der Waals surface area contributed by atoms with Crippen LogP contribution in [0.1, 0.15) is 18.4 Å². The third-order valence-electron chi connectivity index (χ3n) is 3.53. The Morgan fingerprint density at radius 2 is 2.29 bits per heavy atom. The van der Waals surface area contributed by atoms with Crippen LogP contribution in [-0.4, -0.2) is 26.3 Å². The van der Waals surface area contributed by atoms with Crippen LogP contribution in [0.3, 0.4) is 0 Å². The fourth-order valence-electron chi connectivity index (χ4n) is 2.49. The van der Waals surface area contributed by atoms with Gasteiger partial charge in [-0.15, -0.1) is 0 Å². The van der Waals surface area contributed by atoms with Gasteiger partial charge < -0.3 is 10.1 Å². The molecule has 0 aliphatic carbocycles. The quantitative estimate of drug-likeness (QED) is 0.891. The first kappa shape index (κ1) is 12.9. The van der Waals surface area contributed by atoms with E-state index < -0.39 is 0 Å². The van der Waals surface area contributed by atoms with Gasteiger partial charge in [0.25, 0.3) is 0 Å². The Morgan fingerprint density at radius 1 is 1.47 bits per heavy atom. The van der Waals surface area contributed by atoms with Gasteiger partial charge in [0.05, 0.1) is 6.61 Å². The van der Waals surface area contributed by atoms with Gasteiger partial charge in [0.1, 0.15) is 0 Å². The van der Waals surface area contributed by atoms with Gasteiger partial charge in [-0.1, -0.05) is 29.8 Å². The zero-order valence-electron chi connectivity index (χ0n) is 10.3. The van der Waals surface area contributed by atoms with Crippen LogP contribution in [0.5, 0.6) is 0 Å². The molecule has 2 nitrogen and oxygen atoms in total. The van der Waals surface area contributed by atoms with Crippen LogP contribution in [0.25, 0.3) is 0 Å². The summed E-state index contributed by atoms with van der Waals surface area (Å²) in [5, 5.41) is 4.27. The van der Waals surface area contributed by atoms with Crippen molar-refractivity contribution in [2.24, 2.45) is 5.92 Å². The van der Waals surface area contributed by atoms with Gasteiger partial charge in [0.15, 0.2) is 0 Å². The molecule has 1 aliphatic heterocycles. The highest BCUT2D eigenvalue weighted by Crippen LogP contribution is 2.23. The Balaban J connectivity index is 2.01. The van der Waals surface area contributed by atoms with Gasteiger partial charge in [-0.2, -0.15) is 0 Å². The highest BCUT2D eigenvalue weighted by atomic mass is 35.5. The van der Waals surface area contributed by atoms with Gasteiger partial charge in [0.2, 0.25) is 0 Å². The van der Waals surface area contributed by atoms with Gasteiger partial charge in [-0.3, -0.25) is 0 Å². The van der Waals surface area contributed by atoms with Crippen LogP contribution >= 0.6 is 11.6 Å². The van der Waals surface area contributed by atoms with Crippen LogP contribution in [0.15, 0.2) is 24.3 Å². The minimum Gasteiger partial charge on any atom is -0.381 e. The van der Waals surface area contributed by atoms with Crippen LogP contribution < -0.4 is 5.32 Å². The molecule has 0 bridgehead atoms. The largest absolute Gasteiger partial charge is 0.381 e. The van der Waals surface area contributed by atoms with E-state index in [1.54, 1.807) is 0 Å². The molecule has 1 fully saturated rings. The smallest absolute Gasteiger partial charge is 0.0509 e. The fourth-order valence-corrected chi connectivity index (χ4v) is 2.70. The van der Waals surface area contributed by atoms with Crippen molar-refractivity contribution in [2.45, 2.75) is 25.3 Å². The third kappa shape index (κ3) is 3.44. The molecule has 0 amide bonds. The molecule has 2 rings (SSSR count). The molecule has 1 saturated heterocycles. The molecule has 0 radical (unpaired) electrons. The van der Waals surface area contributed by atoms with E-state index in [2.05, 4.69) is 11.4 Å². The molecule has 1 aliphatic rings. The molecule has 94 valence electrons. The lowest BCUT2D eigenvalue weighted by Gasteiger charge is -2.30. The summed E-state index contributed by atoms with van der Waals surface area (Å²) in [6.07, 6.45) is 3.39. The topological polar surface area (TPSA) is 21.3 Å². The Labute approximate surface area is 108 Å². The Bertz CT molecular complexity index is 350. The summed E-state index contributed by atoms with van der Waals surface area (Å²) < 4.78 is 5.56. The van der Waals surface area contributed by atoms with E-state index in [1.165, 1.54) is 18.4 Å². The monoisotopic (exact) mass is 253 g/mol. The number of nitrogens with one attached hydrogen (secondary N) is 1. The van der Waals surface area contributed by atoms with E-state index in [0.717, 1.165) is 24.7 Å². The normalized spacial score (nSPS) is 22.4. The van der Waals surface area contributed by atoms with E-state index in [4.69, 9.17) is 16.3 Å². The highest BCUT2D eigenvalue weighted by Gasteiger charge is 2.23. The van der Waals surface area contributed by atoms with Crippen molar-refractivity contribution >= 4 is 11.6 Å². The molecule has 1 N–H and O–H groups in total. The summed E-state index contributed by atoms with van der Waals surface area (Å²) >= 11 is 6.21. The lowest BCUT2D eigenvalue weighted by Crippen LogP contribution is -2.39. The van der Waals surface area contributed by atoms with Crippen molar-refractivity contribution in [3.05, 3.63) is 34.9 Å². The maximum Gasteiger partial charge on any atom is 0.0509 e. The Kier molecular flexibility index (Phi) is 4.84. The van der Waals surface area contributed by atoms with Gasteiger partial charge >= 0.3 is 0 Å². The minimum absolute atomic E-state index is 0.454. The fraction of sp³-hybridized carbons (Fsp3) is 0.571. The number of rotatable bonds is 4. The summed E-state index contributed by atoms with van der Waals surface area (Å²) in [4.78, 5) is 0. The summed E-state index contributed by atoms with van der Waals surface area (Å²) in [5.41, 5.74) is 1.22. The average Bonchev–Trinajstić information content (AvgIpc) is 2.39. The molecule has 1 heterocycles. The number of benzene rings is 1. The molecular weight excluding hydrogens is 234 g/mol. The van der Waals surface area contributed by atoms with E-state index in [0.29, 0.717) is 12.0 Å². The van der Waals surface area contributed by atoms with Crippen LogP contribution in [0.2, 0.25) is 5.02 Å². The molecule has 0 aromatic heterocycles. The lowest BCUT2D eigenvalue weighted by atomic mass is 9.89. The van der Waals surface area contributed by atoms with Gasteiger partial charge in [0, 0.05) is 17.7 Å². The van der Waals surface area contributed by atoms with E-state index >= 15 is 0 Å². The molecule has 2 unspecified atom stereocenters. The number of hydrogen-bond donors (Lipinski definition) is 1. The van der Waals surface area contributed by atoms with Crippen molar-refractivity contribution in [3.8, 4) is 0 Å². The average molecular weight is 254 g/mol. The van der Waals surface area contributed by atoms with Crippen molar-refractivity contribution in [1.82, 2.24) is 5.32 Å². The minimum atomic E-state index is 0.454. The van der Waals surface area contributed by atoms with E-state index in [9.17, 15) is 0 Å². The number of halogens is 1. The molecule has 1 aromatic rings. The maximum absolute atomic E-state index is 6.21. The second kappa shape index (κ2) is 6.39. The molecule has 0 saturated carbocycles. The predicted molar refractivity (Wildman–Crippen MR) is 71.5 cm³/mol. The van der Waals surface area contributed by atoms with Crippen LogP contribution in [-0.2, 0) is 11.2 Å². The van der Waals surface area contributed by atoms with Gasteiger partial charge in [-0.25, -0.2) is 0 Å². The number of hydrogen-bond acceptors (Lipinski definition) is 2. The number of likely N-dealkylation sites (N-methyl/N-ethyl adjacent to an activating group) is 1. The molecule has 3 heteroatoms. The number of ether oxygens (including phenoxy) is 1. The Morgan fingerprint density at radius 3 is 2.94 bits per heavy atom. The first-order valence-electron chi connectivity index (χ1n) is 6.29. The zero-order chi connectivity index (χ0) is 12.1. The predicted octanol–water partition coefficient (Wildman–Crippen LogP) is 2.90. The molecule has 17 heavy (non-hydrogen) atoms. The van der Waals surface area contributed by atoms with Crippen LogP contribution in [0.4, 0.5) is 0 Å². The summed E-state index contributed by atoms with van der Waals surface area (Å²) in [6, 6.07) is 8.54. The zero-order valence-corrected chi connectivity index (χ0v) is 11.0. The van der Waals surface area contributed by atoms with Crippen molar-refractivity contribution < 1.29 is 4.74 Å². The standard InChI is InChI=1S/C14H20ClNO/c1-16-14(12-6-4-8-17-10-12)9-11-5-2-3-7-13(11)15/h2-3,5,7,12,14,16H,4,6,8-10H2,1H3. The second-order valence-electron chi connectivity index (χ2n) is 4.67. The second-order valence-corrected chi connectivity index (χ2v) is 5.08. The summed E-state index contributed by atoms with van der Waals surface area (Å²) in [6.45, 7) is 1.79. The van der Waals surface area contributed by atoms with Crippen molar-refractivity contribution in [1.29, 1.82) is 0 Å². The molecule has 0 spiro atoms. The van der Waals surface area contributed by atoms with Gasteiger partial charge in [-0.05, 0) is 43.9 Å². The maximum atomic E-state index is 6.21. The van der Waals surface area contributed by atoms with Crippen molar-refractivity contribution in [3.63, 3.8) is 0 Å². The molecule has 2 atom stereocenters. The van der Waals surface area contributed by atoms with Crippen LogP contribution in [0, 0.1) is 5.92 Å². The third-order valence-corrected chi connectivity index (χ3v) is 3.90. The molecular formula is C14H20ClNO. The summed E-state index contributed by atoms with van der Waals surface area (Å²) in [5.74, 6) is 0.602. The lowest BCUT2D eigenvalue weighted by molar-refractivity contribution is 0.0405. The highest BCUT2D eigenvalue weighted by molar-refractivity contribution is 6.31. The van der Waals surface area contributed by atoms with Crippen molar-refractivity contribution in [2.75, 3.05) is 20.3 Å². The first-order chi connectivity index (χ1) is 8.31.